The van der Waals surface area contributed by atoms with Gasteiger partial charge in [0.15, 0.2) is 0 Å². The van der Waals surface area contributed by atoms with Gasteiger partial charge in [-0.1, -0.05) is 12.1 Å². The summed E-state index contributed by atoms with van der Waals surface area (Å²) in [5, 5.41) is 8.83. The lowest BCUT2D eigenvalue weighted by Crippen LogP contribution is -2.41. The van der Waals surface area contributed by atoms with E-state index in [4.69, 9.17) is 0 Å². The van der Waals surface area contributed by atoms with Crippen molar-refractivity contribution in [3.8, 4) is 0 Å². The lowest BCUT2D eigenvalue weighted by molar-refractivity contribution is 0.0688. The molecule has 5 aromatic rings. The molecule has 8 nitrogen and oxygen atoms in total. The fourth-order valence-corrected chi connectivity index (χ4v) is 4.56. The van der Waals surface area contributed by atoms with Crippen molar-refractivity contribution in [1.29, 1.82) is 0 Å². The van der Waals surface area contributed by atoms with Gasteiger partial charge in [-0.3, -0.25) is 4.79 Å². The molecule has 6 rings (SSSR count). The number of amides is 1. The normalized spacial score (nSPS) is 16.1. The molecule has 0 fully saturated rings. The fraction of sp³-hybridized carbons (Fsp3) is 0.217. The molecule has 0 bridgehead atoms. The van der Waals surface area contributed by atoms with Gasteiger partial charge in [0.2, 0.25) is 0 Å². The monoisotopic (exact) mass is 447 g/mol. The molecule has 33 heavy (non-hydrogen) atoms. The number of hydrogen-bond acceptors (Lipinski definition) is 4. The molecule has 1 aliphatic heterocycles. The SMILES string of the molecule is Cc1ccc2c(C(=O)N3CCc4[nH]cnc4C3c3cc4cccc(C(F)F)n4n3)cnn2c1. The van der Waals surface area contributed by atoms with Crippen molar-refractivity contribution < 1.29 is 13.6 Å². The number of aryl methyl sites for hydroxylation is 1. The van der Waals surface area contributed by atoms with E-state index in [-0.39, 0.29) is 11.6 Å². The Morgan fingerprint density at radius 1 is 1.24 bits per heavy atom. The number of pyridine rings is 2. The van der Waals surface area contributed by atoms with Crippen LogP contribution in [0.25, 0.3) is 11.0 Å². The maximum atomic E-state index is 13.7. The summed E-state index contributed by atoms with van der Waals surface area (Å²) in [6.45, 7) is 2.39. The summed E-state index contributed by atoms with van der Waals surface area (Å²) in [5.41, 5.74) is 4.59. The van der Waals surface area contributed by atoms with Gasteiger partial charge in [-0.2, -0.15) is 10.2 Å². The highest BCUT2D eigenvalue weighted by atomic mass is 19.3. The average Bonchev–Trinajstić information content (AvgIpc) is 3.54. The standard InChI is InChI=1S/C23H19F2N7O/c1-13-5-6-18-15(10-28-31(18)11-13)23(33)30-8-7-16-20(27-12-26-16)21(30)17-9-14-3-2-4-19(22(24)25)32(14)29-17/h2-6,9-12,21-22H,7-8H2,1H3,(H,26,27). The summed E-state index contributed by atoms with van der Waals surface area (Å²) in [5.74, 6) is -0.210. The highest BCUT2D eigenvalue weighted by Crippen LogP contribution is 2.35. The summed E-state index contributed by atoms with van der Waals surface area (Å²) in [6.07, 6.45) is 2.94. The van der Waals surface area contributed by atoms with Gasteiger partial charge in [-0.05, 0) is 36.8 Å². The zero-order chi connectivity index (χ0) is 22.7. The van der Waals surface area contributed by atoms with Crippen LogP contribution >= 0.6 is 0 Å². The van der Waals surface area contributed by atoms with E-state index < -0.39 is 12.5 Å². The van der Waals surface area contributed by atoms with Gasteiger partial charge in [-0.15, -0.1) is 0 Å². The number of aromatic amines is 1. The zero-order valence-electron chi connectivity index (χ0n) is 17.6. The largest absolute Gasteiger partial charge is 0.348 e. The van der Waals surface area contributed by atoms with Crippen LogP contribution in [0.1, 0.15) is 51.2 Å². The number of carbonyl (C=O) groups excluding carboxylic acids is 1. The van der Waals surface area contributed by atoms with Crippen LogP contribution < -0.4 is 0 Å². The number of fused-ring (bicyclic) bond motifs is 3. The fourth-order valence-electron chi connectivity index (χ4n) is 4.56. The van der Waals surface area contributed by atoms with Crippen molar-refractivity contribution in [2.75, 3.05) is 6.54 Å². The van der Waals surface area contributed by atoms with Crippen molar-refractivity contribution in [3.05, 3.63) is 89.0 Å². The van der Waals surface area contributed by atoms with Crippen LogP contribution in [-0.2, 0) is 6.42 Å². The highest BCUT2D eigenvalue weighted by Gasteiger charge is 2.37. The van der Waals surface area contributed by atoms with E-state index in [0.717, 1.165) is 11.3 Å². The van der Waals surface area contributed by atoms with Gasteiger partial charge in [0.1, 0.15) is 11.7 Å². The molecule has 5 aromatic heterocycles. The number of rotatable bonds is 3. The first-order chi connectivity index (χ1) is 16.0. The Morgan fingerprint density at radius 3 is 2.97 bits per heavy atom. The Hall–Kier alpha value is -4.08. The topological polar surface area (TPSA) is 83.6 Å². The molecule has 0 radical (unpaired) electrons. The number of hydrogen-bond donors (Lipinski definition) is 1. The molecular weight excluding hydrogens is 428 g/mol. The molecule has 6 heterocycles. The first kappa shape index (κ1) is 19.6. The number of alkyl halides is 2. The number of aromatic nitrogens is 6. The molecule has 0 spiro atoms. The summed E-state index contributed by atoms with van der Waals surface area (Å²) >= 11 is 0. The second-order valence-corrected chi connectivity index (χ2v) is 8.17. The van der Waals surface area contributed by atoms with Crippen LogP contribution in [0.5, 0.6) is 0 Å². The van der Waals surface area contributed by atoms with E-state index >= 15 is 0 Å². The van der Waals surface area contributed by atoms with Gasteiger partial charge in [0.25, 0.3) is 12.3 Å². The van der Waals surface area contributed by atoms with E-state index in [0.29, 0.717) is 41.0 Å². The summed E-state index contributed by atoms with van der Waals surface area (Å²) < 4.78 is 30.0. The van der Waals surface area contributed by atoms with Crippen LogP contribution in [0.3, 0.4) is 0 Å². The Morgan fingerprint density at radius 2 is 2.12 bits per heavy atom. The van der Waals surface area contributed by atoms with Gasteiger partial charge in [0, 0.05) is 24.9 Å². The zero-order valence-corrected chi connectivity index (χ0v) is 17.6. The number of nitrogens with one attached hydrogen (secondary N) is 1. The lowest BCUT2D eigenvalue weighted by Gasteiger charge is -2.33. The predicted octanol–water partition coefficient (Wildman–Crippen LogP) is 3.74. The minimum Gasteiger partial charge on any atom is -0.348 e. The Labute approximate surface area is 186 Å². The van der Waals surface area contributed by atoms with Crippen LogP contribution in [0.15, 0.2) is 55.1 Å². The molecular formula is C23H19F2N7O. The third-order valence-electron chi connectivity index (χ3n) is 6.12. The highest BCUT2D eigenvalue weighted by molar-refractivity contribution is 6.01. The molecule has 0 saturated heterocycles. The molecule has 1 N–H and O–H groups in total. The maximum Gasteiger partial charge on any atom is 0.280 e. The second-order valence-electron chi connectivity index (χ2n) is 8.17. The smallest absolute Gasteiger partial charge is 0.280 e. The van der Waals surface area contributed by atoms with E-state index in [1.54, 1.807) is 40.1 Å². The Kier molecular flexibility index (Phi) is 4.29. The van der Waals surface area contributed by atoms with Crippen LogP contribution in [-0.4, -0.2) is 46.5 Å². The first-order valence-corrected chi connectivity index (χ1v) is 10.5. The molecule has 0 saturated carbocycles. The molecule has 0 aliphatic carbocycles. The minimum atomic E-state index is -2.67. The molecule has 1 amide bonds. The number of halogens is 2. The van der Waals surface area contributed by atoms with Crippen LogP contribution in [0, 0.1) is 6.92 Å². The van der Waals surface area contributed by atoms with Gasteiger partial charge in [-0.25, -0.2) is 22.8 Å². The Bertz CT molecular complexity index is 1520. The quantitative estimate of drug-likeness (QED) is 0.457. The average molecular weight is 447 g/mol. The number of carbonyl (C=O) groups is 1. The number of imidazole rings is 1. The van der Waals surface area contributed by atoms with Crippen molar-refractivity contribution in [3.63, 3.8) is 0 Å². The van der Waals surface area contributed by atoms with Crippen molar-refractivity contribution >= 4 is 16.9 Å². The number of nitrogens with zero attached hydrogens (tertiary/aromatic N) is 6. The third-order valence-corrected chi connectivity index (χ3v) is 6.12. The van der Waals surface area contributed by atoms with Crippen LogP contribution in [0.2, 0.25) is 0 Å². The second kappa shape index (κ2) is 7.22. The minimum absolute atomic E-state index is 0.201. The molecule has 166 valence electrons. The van der Waals surface area contributed by atoms with E-state index in [1.807, 2.05) is 25.3 Å². The molecule has 1 unspecified atom stereocenters. The van der Waals surface area contributed by atoms with Gasteiger partial charge >= 0.3 is 0 Å². The van der Waals surface area contributed by atoms with Crippen molar-refractivity contribution in [1.82, 2.24) is 34.1 Å². The lowest BCUT2D eigenvalue weighted by atomic mass is 9.98. The molecule has 1 atom stereocenters. The maximum absolute atomic E-state index is 13.7. The van der Waals surface area contributed by atoms with Crippen molar-refractivity contribution in [2.24, 2.45) is 0 Å². The van der Waals surface area contributed by atoms with E-state index in [9.17, 15) is 13.6 Å². The summed E-state index contributed by atoms with van der Waals surface area (Å²) in [4.78, 5) is 23.0. The first-order valence-electron chi connectivity index (χ1n) is 10.5. The predicted molar refractivity (Wildman–Crippen MR) is 115 cm³/mol. The number of H-pyrrole nitrogens is 1. The van der Waals surface area contributed by atoms with E-state index in [1.165, 1.54) is 10.6 Å². The van der Waals surface area contributed by atoms with Crippen molar-refractivity contribution in [2.45, 2.75) is 25.8 Å². The van der Waals surface area contributed by atoms with Gasteiger partial charge < -0.3 is 9.88 Å². The third kappa shape index (κ3) is 3.01. The summed E-state index contributed by atoms with van der Waals surface area (Å²) in [6, 6.07) is 9.57. The Balaban J connectivity index is 1.49. The van der Waals surface area contributed by atoms with E-state index in [2.05, 4.69) is 20.2 Å². The molecule has 1 aliphatic rings. The molecule has 0 aromatic carbocycles. The molecule has 10 heteroatoms. The van der Waals surface area contributed by atoms with Gasteiger partial charge in [0.05, 0.1) is 40.5 Å². The van der Waals surface area contributed by atoms with Crippen LogP contribution in [0.4, 0.5) is 8.78 Å². The summed E-state index contributed by atoms with van der Waals surface area (Å²) in [7, 11) is 0.